The van der Waals surface area contributed by atoms with Gasteiger partial charge in [0.1, 0.15) is 0 Å². The normalized spacial score (nSPS) is 18.3. The molecule has 33 heavy (non-hydrogen) atoms. The zero-order valence-electron chi connectivity index (χ0n) is 19.2. The summed E-state index contributed by atoms with van der Waals surface area (Å²) < 4.78 is 16.5. The lowest BCUT2D eigenvalue weighted by Gasteiger charge is -2.37. The van der Waals surface area contributed by atoms with Gasteiger partial charge in [-0.2, -0.15) is 0 Å². The van der Waals surface area contributed by atoms with Crippen molar-refractivity contribution in [3.8, 4) is 17.2 Å². The van der Waals surface area contributed by atoms with E-state index in [0.29, 0.717) is 56.4 Å². The first kappa shape index (κ1) is 22.6. The Labute approximate surface area is 193 Å². The molecule has 9 nitrogen and oxygen atoms in total. The van der Waals surface area contributed by atoms with E-state index in [1.54, 1.807) is 31.1 Å². The fraction of sp³-hybridized carbons (Fsp3) is 0.417. The number of amides is 3. The number of methoxy groups -OCH3 is 3. The number of ether oxygens (including phenoxy) is 3. The number of rotatable bonds is 6. The molecule has 2 saturated heterocycles. The van der Waals surface area contributed by atoms with Gasteiger partial charge in [0.25, 0.3) is 0 Å². The summed E-state index contributed by atoms with van der Waals surface area (Å²) in [6.45, 7) is 2.91. The number of nitrogens with one attached hydrogen (secondary N) is 1. The topological polar surface area (TPSA) is 83.6 Å². The van der Waals surface area contributed by atoms with Crippen LogP contribution in [0, 0.1) is 0 Å². The van der Waals surface area contributed by atoms with Crippen LogP contribution in [0.4, 0.5) is 16.2 Å². The fourth-order valence-electron chi connectivity index (χ4n) is 4.41. The minimum absolute atomic E-state index is 0.0249. The molecule has 0 bridgehead atoms. The van der Waals surface area contributed by atoms with Crippen molar-refractivity contribution in [1.29, 1.82) is 0 Å². The predicted octanol–water partition coefficient (Wildman–Crippen LogP) is 2.35. The largest absolute Gasteiger partial charge is 0.493 e. The van der Waals surface area contributed by atoms with Crippen molar-refractivity contribution in [1.82, 2.24) is 10.2 Å². The Balaban J connectivity index is 1.35. The average Bonchev–Trinajstić information content (AvgIpc) is 3.23. The molecule has 176 valence electrons. The third kappa shape index (κ3) is 4.62. The molecule has 2 aliphatic rings. The molecular formula is C24H30N4O5. The number of para-hydroxylation sites is 1. The molecule has 1 atom stereocenters. The van der Waals surface area contributed by atoms with Crippen molar-refractivity contribution in [3.63, 3.8) is 0 Å². The van der Waals surface area contributed by atoms with Crippen LogP contribution in [0.2, 0.25) is 0 Å². The van der Waals surface area contributed by atoms with Crippen molar-refractivity contribution in [2.24, 2.45) is 0 Å². The van der Waals surface area contributed by atoms with Crippen molar-refractivity contribution in [2.75, 3.05) is 63.9 Å². The zero-order valence-corrected chi connectivity index (χ0v) is 19.2. The second-order valence-electron chi connectivity index (χ2n) is 8.02. The maximum atomic E-state index is 12.9. The maximum Gasteiger partial charge on any atom is 0.317 e. The van der Waals surface area contributed by atoms with E-state index < -0.39 is 0 Å². The quantitative estimate of drug-likeness (QED) is 0.722. The summed E-state index contributed by atoms with van der Waals surface area (Å²) in [6.07, 6.45) is 0.309. The van der Waals surface area contributed by atoms with E-state index >= 15 is 0 Å². The molecule has 2 aromatic rings. The average molecular weight is 455 g/mol. The first-order chi connectivity index (χ1) is 16.0. The lowest BCUT2D eigenvalue weighted by molar-refractivity contribution is -0.117. The van der Waals surface area contributed by atoms with E-state index in [0.717, 1.165) is 11.4 Å². The number of piperazine rings is 1. The fourth-order valence-corrected chi connectivity index (χ4v) is 4.41. The highest BCUT2D eigenvalue weighted by Gasteiger charge is 2.33. The number of nitrogens with zero attached hydrogens (tertiary/aromatic N) is 3. The molecule has 1 N–H and O–H groups in total. The molecule has 9 heteroatoms. The number of urea groups is 1. The monoisotopic (exact) mass is 454 g/mol. The Morgan fingerprint density at radius 2 is 1.61 bits per heavy atom. The Morgan fingerprint density at radius 3 is 2.24 bits per heavy atom. The summed E-state index contributed by atoms with van der Waals surface area (Å²) in [6, 6.07) is 13.0. The number of anilines is 2. The summed E-state index contributed by atoms with van der Waals surface area (Å²) in [7, 11) is 4.77. The zero-order chi connectivity index (χ0) is 23.4. The minimum Gasteiger partial charge on any atom is -0.493 e. The number of carbonyl (C=O) groups is 2. The highest BCUT2D eigenvalue weighted by molar-refractivity contribution is 5.96. The molecule has 0 spiro atoms. The SMILES string of the molecule is COc1ccc(N2CCN(C(=O)NC3CC(=O)N(c4ccccc4)C3)CC2)c(OC)c1OC. The summed E-state index contributed by atoms with van der Waals surface area (Å²) >= 11 is 0. The maximum absolute atomic E-state index is 12.9. The van der Waals surface area contributed by atoms with Gasteiger partial charge in [-0.1, -0.05) is 18.2 Å². The molecule has 0 aliphatic carbocycles. The van der Waals surface area contributed by atoms with Crippen LogP contribution in [0.15, 0.2) is 42.5 Å². The second-order valence-corrected chi connectivity index (χ2v) is 8.02. The summed E-state index contributed by atoms with van der Waals surface area (Å²) in [5.74, 6) is 1.79. The third-order valence-electron chi connectivity index (χ3n) is 6.11. The molecule has 4 rings (SSSR count). The number of carbonyl (C=O) groups excluding carboxylic acids is 2. The van der Waals surface area contributed by atoms with E-state index in [1.165, 1.54) is 0 Å². The van der Waals surface area contributed by atoms with Crippen LogP contribution in [0.5, 0.6) is 17.2 Å². The molecule has 0 radical (unpaired) electrons. The van der Waals surface area contributed by atoms with Crippen LogP contribution in [0.3, 0.4) is 0 Å². The van der Waals surface area contributed by atoms with Gasteiger partial charge in [0.15, 0.2) is 11.5 Å². The lowest BCUT2D eigenvalue weighted by Crippen LogP contribution is -2.54. The first-order valence-electron chi connectivity index (χ1n) is 11.0. The van der Waals surface area contributed by atoms with Gasteiger partial charge in [0.05, 0.1) is 33.1 Å². The Hall–Kier alpha value is -3.62. The van der Waals surface area contributed by atoms with Gasteiger partial charge in [-0.05, 0) is 24.3 Å². The predicted molar refractivity (Wildman–Crippen MR) is 126 cm³/mol. The van der Waals surface area contributed by atoms with Gasteiger partial charge in [0, 0.05) is 44.8 Å². The van der Waals surface area contributed by atoms with Crippen LogP contribution in [0.25, 0.3) is 0 Å². The summed E-state index contributed by atoms with van der Waals surface area (Å²) in [5.41, 5.74) is 1.76. The standard InChI is InChI=1S/C24H30N4O5/c1-31-20-10-9-19(22(32-2)23(20)33-3)26-11-13-27(14-12-26)24(30)25-17-15-21(29)28(16-17)18-7-5-4-6-8-18/h4-10,17H,11-16H2,1-3H3,(H,25,30). The van der Waals surface area contributed by atoms with Crippen LogP contribution in [0.1, 0.15) is 6.42 Å². The van der Waals surface area contributed by atoms with Gasteiger partial charge in [-0.25, -0.2) is 4.79 Å². The molecule has 2 aromatic carbocycles. The van der Waals surface area contributed by atoms with Crippen LogP contribution in [-0.2, 0) is 4.79 Å². The van der Waals surface area contributed by atoms with E-state index in [-0.39, 0.29) is 18.0 Å². The highest BCUT2D eigenvalue weighted by Crippen LogP contribution is 2.44. The van der Waals surface area contributed by atoms with Gasteiger partial charge in [0.2, 0.25) is 11.7 Å². The number of benzene rings is 2. The van der Waals surface area contributed by atoms with E-state index in [4.69, 9.17) is 14.2 Å². The van der Waals surface area contributed by atoms with Gasteiger partial charge >= 0.3 is 6.03 Å². The van der Waals surface area contributed by atoms with Gasteiger partial charge in [-0.3, -0.25) is 4.79 Å². The molecule has 2 fully saturated rings. The molecule has 3 amide bonds. The molecular weight excluding hydrogens is 424 g/mol. The van der Waals surface area contributed by atoms with E-state index in [2.05, 4.69) is 10.2 Å². The third-order valence-corrected chi connectivity index (χ3v) is 6.11. The minimum atomic E-state index is -0.200. The Bertz CT molecular complexity index is 992. The van der Waals surface area contributed by atoms with E-state index in [9.17, 15) is 9.59 Å². The summed E-state index contributed by atoms with van der Waals surface area (Å²) in [5, 5.41) is 3.03. The molecule has 0 aromatic heterocycles. The van der Waals surface area contributed by atoms with Crippen LogP contribution < -0.4 is 29.3 Å². The molecule has 2 heterocycles. The number of hydrogen-bond acceptors (Lipinski definition) is 6. The van der Waals surface area contributed by atoms with Crippen molar-refractivity contribution in [2.45, 2.75) is 12.5 Å². The smallest absolute Gasteiger partial charge is 0.317 e. The first-order valence-corrected chi connectivity index (χ1v) is 11.0. The van der Waals surface area contributed by atoms with Crippen LogP contribution >= 0.6 is 0 Å². The molecule has 1 unspecified atom stereocenters. The Kier molecular flexibility index (Phi) is 6.76. The summed E-state index contributed by atoms with van der Waals surface area (Å²) in [4.78, 5) is 31.0. The second kappa shape index (κ2) is 9.89. The molecule has 0 saturated carbocycles. The van der Waals surface area contributed by atoms with Crippen molar-refractivity contribution >= 4 is 23.3 Å². The van der Waals surface area contributed by atoms with Crippen LogP contribution in [-0.4, -0.2) is 76.9 Å². The lowest BCUT2D eigenvalue weighted by atomic mass is 10.2. The van der Waals surface area contributed by atoms with Gasteiger partial charge in [-0.15, -0.1) is 0 Å². The van der Waals surface area contributed by atoms with Crippen molar-refractivity contribution < 1.29 is 23.8 Å². The number of hydrogen-bond donors (Lipinski definition) is 1. The van der Waals surface area contributed by atoms with Gasteiger partial charge < -0.3 is 34.2 Å². The Morgan fingerprint density at radius 1 is 0.909 bits per heavy atom. The van der Waals surface area contributed by atoms with Crippen molar-refractivity contribution in [3.05, 3.63) is 42.5 Å². The van der Waals surface area contributed by atoms with E-state index in [1.807, 2.05) is 42.5 Å². The molecule has 2 aliphatic heterocycles. The highest BCUT2D eigenvalue weighted by atomic mass is 16.5.